The molecule has 0 atom stereocenters. The van der Waals surface area contributed by atoms with Gasteiger partial charge in [0.1, 0.15) is 0 Å². The number of nitrogens with zero attached hydrogens (tertiary/aromatic N) is 2. The van der Waals surface area contributed by atoms with Crippen LogP contribution in [-0.2, 0) is 11.3 Å². The standard InChI is InChI=1S/C25H27N3O4/c1-16-14-21(17(2)28(16)13-12-18-8-4-3-5-9-18)22(29)15-32-25(31)23-19-10-6-7-11-20(19)24(30)27-26-23/h6-8,10-11,14H,3-5,9,12-13,15H2,1-2H3,(H,27,30). The van der Waals surface area contributed by atoms with Crippen molar-refractivity contribution >= 4 is 22.5 Å². The molecule has 0 saturated carbocycles. The topological polar surface area (TPSA) is 94.1 Å². The number of benzene rings is 1. The molecule has 1 aliphatic carbocycles. The fourth-order valence-corrected chi connectivity index (χ4v) is 4.36. The maximum Gasteiger partial charge on any atom is 0.359 e. The minimum Gasteiger partial charge on any atom is -0.452 e. The Morgan fingerprint density at radius 2 is 1.94 bits per heavy atom. The third kappa shape index (κ3) is 4.42. The van der Waals surface area contributed by atoms with Gasteiger partial charge in [0.2, 0.25) is 5.78 Å². The summed E-state index contributed by atoms with van der Waals surface area (Å²) in [6.07, 6.45) is 8.18. The molecule has 0 fully saturated rings. The van der Waals surface area contributed by atoms with Crippen LogP contribution in [0.4, 0.5) is 0 Å². The molecule has 1 aliphatic rings. The summed E-state index contributed by atoms with van der Waals surface area (Å²) in [6, 6.07) is 8.51. The summed E-state index contributed by atoms with van der Waals surface area (Å²) in [7, 11) is 0. The zero-order valence-corrected chi connectivity index (χ0v) is 18.4. The van der Waals surface area contributed by atoms with E-state index in [1.807, 2.05) is 19.9 Å². The average Bonchev–Trinajstić information content (AvgIpc) is 3.10. The zero-order chi connectivity index (χ0) is 22.7. The van der Waals surface area contributed by atoms with Crippen LogP contribution in [0.5, 0.6) is 0 Å². The second-order valence-corrected chi connectivity index (χ2v) is 8.24. The summed E-state index contributed by atoms with van der Waals surface area (Å²) in [5, 5.41) is 6.87. The maximum atomic E-state index is 12.8. The summed E-state index contributed by atoms with van der Waals surface area (Å²) in [5.41, 5.74) is 3.55. The van der Waals surface area contributed by atoms with Gasteiger partial charge in [-0.05, 0) is 58.1 Å². The molecule has 0 amide bonds. The second kappa shape index (κ2) is 9.34. The van der Waals surface area contributed by atoms with Gasteiger partial charge in [-0.1, -0.05) is 29.8 Å². The highest BCUT2D eigenvalue weighted by atomic mass is 16.5. The van der Waals surface area contributed by atoms with Gasteiger partial charge in [0.15, 0.2) is 12.3 Å². The highest BCUT2D eigenvalue weighted by Crippen LogP contribution is 2.23. The van der Waals surface area contributed by atoms with Crippen molar-refractivity contribution < 1.29 is 14.3 Å². The number of rotatable bonds is 7. The number of aromatic amines is 1. The molecule has 0 radical (unpaired) electrons. The molecular weight excluding hydrogens is 406 g/mol. The number of hydrogen-bond donors (Lipinski definition) is 1. The number of fused-ring (bicyclic) bond motifs is 1. The Kier molecular flexibility index (Phi) is 6.35. The summed E-state index contributed by atoms with van der Waals surface area (Å²) in [6.45, 7) is 4.36. The van der Waals surface area contributed by atoms with E-state index in [0.29, 0.717) is 16.3 Å². The van der Waals surface area contributed by atoms with Crippen molar-refractivity contribution in [2.75, 3.05) is 6.61 Å². The number of esters is 1. The predicted octanol–water partition coefficient (Wildman–Crippen LogP) is 4.27. The molecule has 4 rings (SSSR count). The zero-order valence-electron chi connectivity index (χ0n) is 18.4. The fourth-order valence-electron chi connectivity index (χ4n) is 4.36. The Balaban J connectivity index is 1.44. The van der Waals surface area contributed by atoms with Crippen molar-refractivity contribution in [3.8, 4) is 0 Å². The lowest BCUT2D eigenvalue weighted by atomic mass is 9.97. The normalized spacial score (nSPS) is 13.8. The lowest BCUT2D eigenvalue weighted by Crippen LogP contribution is -2.19. The Bertz CT molecular complexity index is 1270. The minimum atomic E-state index is -0.746. The molecule has 32 heavy (non-hydrogen) atoms. The molecule has 166 valence electrons. The van der Waals surface area contributed by atoms with Gasteiger partial charge >= 0.3 is 5.97 Å². The van der Waals surface area contributed by atoms with E-state index in [2.05, 4.69) is 20.8 Å². The van der Waals surface area contributed by atoms with E-state index in [-0.39, 0.29) is 23.6 Å². The first-order valence-electron chi connectivity index (χ1n) is 11.0. The Hall–Kier alpha value is -3.48. The molecule has 0 spiro atoms. The van der Waals surface area contributed by atoms with Crippen molar-refractivity contribution in [3.63, 3.8) is 0 Å². The van der Waals surface area contributed by atoms with Crippen molar-refractivity contribution in [1.82, 2.24) is 14.8 Å². The van der Waals surface area contributed by atoms with Crippen LogP contribution in [0.2, 0.25) is 0 Å². The van der Waals surface area contributed by atoms with Gasteiger partial charge in [-0.25, -0.2) is 9.89 Å². The summed E-state index contributed by atoms with van der Waals surface area (Å²) in [5.74, 6) is -1.01. The number of nitrogens with one attached hydrogen (secondary N) is 1. The minimum absolute atomic E-state index is 0.0146. The Labute approximate surface area is 186 Å². The van der Waals surface area contributed by atoms with Gasteiger partial charge in [-0.15, -0.1) is 0 Å². The van der Waals surface area contributed by atoms with Crippen LogP contribution < -0.4 is 5.56 Å². The van der Waals surface area contributed by atoms with Gasteiger partial charge < -0.3 is 9.30 Å². The van der Waals surface area contributed by atoms with Crippen LogP contribution in [0.15, 0.2) is 46.8 Å². The monoisotopic (exact) mass is 433 g/mol. The SMILES string of the molecule is Cc1cc(C(=O)COC(=O)c2n[nH]c(=O)c3ccccc23)c(C)n1CCC1=CCCCC1. The molecule has 0 bridgehead atoms. The molecule has 0 saturated heterocycles. The average molecular weight is 434 g/mol. The van der Waals surface area contributed by atoms with Gasteiger partial charge in [-0.3, -0.25) is 9.59 Å². The first-order chi connectivity index (χ1) is 15.5. The maximum absolute atomic E-state index is 12.8. The molecule has 0 unspecified atom stereocenters. The van der Waals surface area contributed by atoms with E-state index in [9.17, 15) is 14.4 Å². The fraction of sp³-hybridized carbons (Fsp3) is 0.360. The predicted molar refractivity (Wildman–Crippen MR) is 122 cm³/mol. The molecule has 7 heteroatoms. The molecule has 1 N–H and O–H groups in total. The quantitative estimate of drug-likeness (QED) is 0.341. The highest BCUT2D eigenvalue weighted by Gasteiger charge is 2.20. The molecule has 2 heterocycles. The smallest absolute Gasteiger partial charge is 0.359 e. The van der Waals surface area contributed by atoms with E-state index in [1.165, 1.54) is 18.4 Å². The first kappa shape index (κ1) is 21.7. The lowest BCUT2D eigenvalue weighted by Gasteiger charge is -2.15. The van der Waals surface area contributed by atoms with Gasteiger partial charge in [0.25, 0.3) is 5.56 Å². The van der Waals surface area contributed by atoms with E-state index < -0.39 is 5.97 Å². The van der Waals surface area contributed by atoms with Crippen LogP contribution in [0, 0.1) is 13.8 Å². The van der Waals surface area contributed by atoms with Crippen LogP contribution in [0.3, 0.4) is 0 Å². The molecular formula is C25H27N3O4. The van der Waals surface area contributed by atoms with E-state index in [0.717, 1.165) is 37.2 Å². The van der Waals surface area contributed by atoms with Crippen LogP contribution in [-0.4, -0.2) is 33.1 Å². The van der Waals surface area contributed by atoms with Gasteiger partial charge in [0, 0.05) is 28.9 Å². The van der Waals surface area contributed by atoms with Crippen molar-refractivity contribution in [3.05, 3.63) is 75.0 Å². The van der Waals surface area contributed by atoms with Crippen molar-refractivity contribution in [2.45, 2.75) is 52.5 Å². The number of ether oxygens (including phenoxy) is 1. The number of allylic oxidation sites excluding steroid dienone is 2. The first-order valence-corrected chi connectivity index (χ1v) is 11.0. The molecule has 3 aromatic rings. The number of hydrogen-bond acceptors (Lipinski definition) is 5. The second-order valence-electron chi connectivity index (χ2n) is 8.24. The largest absolute Gasteiger partial charge is 0.452 e. The molecule has 0 aliphatic heterocycles. The van der Waals surface area contributed by atoms with Crippen LogP contribution in [0.1, 0.15) is 64.3 Å². The number of ketones is 1. The third-order valence-electron chi connectivity index (χ3n) is 6.14. The number of aryl methyl sites for hydroxylation is 1. The van der Waals surface area contributed by atoms with Crippen molar-refractivity contribution in [2.24, 2.45) is 0 Å². The summed E-state index contributed by atoms with van der Waals surface area (Å²) >= 11 is 0. The van der Waals surface area contributed by atoms with Gasteiger partial charge in [-0.2, -0.15) is 5.10 Å². The molecule has 7 nitrogen and oxygen atoms in total. The number of aromatic nitrogens is 3. The molecule has 1 aromatic carbocycles. The van der Waals surface area contributed by atoms with E-state index in [1.54, 1.807) is 24.3 Å². The number of H-pyrrole nitrogens is 1. The Morgan fingerprint density at radius 3 is 2.69 bits per heavy atom. The number of Topliss-reactive ketones (excluding diaryl/α,β-unsaturated/α-hetero) is 1. The third-order valence-corrected chi connectivity index (χ3v) is 6.14. The summed E-state index contributed by atoms with van der Waals surface area (Å²) in [4.78, 5) is 37.3. The van der Waals surface area contributed by atoms with Crippen LogP contribution in [0.25, 0.3) is 10.8 Å². The van der Waals surface area contributed by atoms with E-state index in [4.69, 9.17) is 4.74 Å². The highest BCUT2D eigenvalue weighted by molar-refractivity contribution is 6.04. The Morgan fingerprint density at radius 1 is 1.16 bits per heavy atom. The van der Waals surface area contributed by atoms with Crippen molar-refractivity contribution in [1.29, 1.82) is 0 Å². The molecule has 2 aromatic heterocycles. The number of carbonyl (C=O) groups is 2. The summed E-state index contributed by atoms with van der Waals surface area (Å²) < 4.78 is 7.41. The van der Waals surface area contributed by atoms with Gasteiger partial charge in [0.05, 0.1) is 5.39 Å². The number of carbonyl (C=O) groups excluding carboxylic acids is 2. The van der Waals surface area contributed by atoms with E-state index >= 15 is 0 Å². The lowest BCUT2D eigenvalue weighted by molar-refractivity contribution is 0.0469. The van der Waals surface area contributed by atoms with Crippen LogP contribution >= 0.6 is 0 Å².